The van der Waals surface area contributed by atoms with Crippen LogP contribution in [-0.4, -0.2) is 148 Å². The summed E-state index contributed by atoms with van der Waals surface area (Å²) in [6.45, 7) is 8.97. The molecular weight excluding hydrogens is 889 g/mol. The van der Waals surface area contributed by atoms with Gasteiger partial charge in [-0.1, -0.05) is 0 Å². The summed E-state index contributed by atoms with van der Waals surface area (Å²) < 4.78 is 35.6. The van der Waals surface area contributed by atoms with Crippen molar-refractivity contribution in [1.82, 2.24) is 30.9 Å². The predicted molar refractivity (Wildman–Crippen MR) is 268 cm³/mol. The molecule has 4 aliphatic heterocycles. The molecule has 0 spiro atoms. The van der Waals surface area contributed by atoms with Crippen LogP contribution in [0.15, 0.2) is 57.2 Å². The number of guanidine groups is 1. The highest BCUT2D eigenvalue weighted by Crippen LogP contribution is 2.41. The first kappa shape index (κ1) is 51.3. The topological polar surface area (TPSA) is 227 Å². The summed E-state index contributed by atoms with van der Waals surface area (Å²) in [5.41, 5.74) is 2.13. The summed E-state index contributed by atoms with van der Waals surface area (Å²) in [6.07, 6.45) is 16.1. The number of nitriles is 2. The van der Waals surface area contributed by atoms with Gasteiger partial charge in [-0.3, -0.25) is 15.0 Å². The number of hydrogen-bond acceptors (Lipinski definition) is 18. The van der Waals surface area contributed by atoms with Gasteiger partial charge in [0.25, 0.3) is 0 Å². The summed E-state index contributed by atoms with van der Waals surface area (Å²) in [5, 5.41) is 35.7. The second kappa shape index (κ2) is 24.8. The summed E-state index contributed by atoms with van der Waals surface area (Å²) in [6, 6.07) is 12.4. The number of anilines is 1. The largest absolute Gasteiger partial charge is 0.492 e. The second-order valence-corrected chi connectivity index (χ2v) is 20.3. The first-order valence-electron chi connectivity index (χ1n) is 25.6. The number of nitrogens with one attached hydrogen (secondary N) is 4. The highest BCUT2D eigenvalue weighted by Gasteiger charge is 2.45. The van der Waals surface area contributed by atoms with Gasteiger partial charge in [0.05, 0.1) is 53.7 Å². The lowest BCUT2D eigenvalue weighted by atomic mass is 9.71. The standard InChI is InChI=1S/C52H74N12O6/c1-35(29-65-3)59-38-5-7-39(8-6-38)61-49-57-21-14-45(64-49)46-27-41(12-19-55-46)69-34-52(32-54)17-24-68-47(28-52)42-26-40(60-36(2)30-66-4)9-10-44(42)63-50-58-20-13-43(62-50)37-11-18-56-48(25-37)70-33-51(31-53)15-22-67-23-16-51/h12,14,19,21,25,27,35-36,38-40,42,44,47,59-60H,5-11,13,15-18,20,22-24,26,28-30,33-34H2,1-4H3,(H,58,63)(H,57,61,64)/t35?,36-,38?,39?,40+,42?,44+,47?,52?/m0/s1. The molecule has 18 heteroatoms. The van der Waals surface area contributed by atoms with Gasteiger partial charge in [-0.05, 0) is 109 Å². The summed E-state index contributed by atoms with van der Waals surface area (Å²) in [4.78, 5) is 28.7. The minimum atomic E-state index is -0.761. The van der Waals surface area contributed by atoms with Crippen LogP contribution in [0.1, 0.15) is 97.3 Å². The summed E-state index contributed by atoms with van der Waals surface area (Å²) in [5.74, 6) is 2.47. The SMILES string of the molecule is COCC(C)NC1CCC(Nc2nccc(-c3cc(OCC4(C#N)CCOC(C5C[C@H](N[C@@H](C)COC)CC[C@H]5NC5=NCCC(C6=CC(OCC7(C#N)CCOCC7)=NCC6)=N5)C4)ccn3)n2)CC1. The second-order valence-electron chi connectivity index (χ2n) is 20.3. The van der Waals surface area contributed by atoms with Crippen LogP contribution in [0.25, 0.3) is 11.4 Å². The van der Waals surface area contributed by atoms with E-state index < -0.39 is 10.8 Å². The molecule has 8 rings (SSSR count). The Kier molecular flexibility index (Phi) is 18.2. The molecule has 4 N–H and O–H groups in total. The molecule has 4 unspecified atom stereocenters. The Morgan fingerprint density at radius 2 is 1.47 bits per heavy atom. The van der Waals surface area contributed by atoms with Crippen molar-refractivity contribution >= 4 is 23.5 Å². The number of hydrogen-bond donors (Lipinski definition) is 4. The van der Waals surface area contributed by atoms with E-state index in [1.165, 1.54) is 0 Å². The Morgan fingerprint density at radius 1 is 0.771 bits per heavy atom. The van der Waals surface area contributed by atoms with Crippen molar-refractivity contribution < 1.29 is 28.4 Å². The Labute approximate surface area is 413 Å². The fraction of sp³-hybridized carbons (Fsp3) is 0.692. The molecule has 0 aromatic carbocycles. The zero-order valence-electron chi connectivity index (χ0n) is 41.7. The van der Waals surface area contributed by atoms with Crippen molar-refractivity contribution in [1.29, 1.82) is 10.5 Å². The van der Waals surface area contributed by atoms with E-state index in [2.05, 4.69) is 62.2 Å². The summed E-state index contributed by atoms with van der Waals surface area (Å²) in [7, 11) is 3.47. The average molecular weight is 963 g/mol. The molecule has 6 heterocycles. The lowest BCUT2D eigenvalue weighted by Crippen LogP contribution is -2.55. The molecule has 2 saturated heterocycles. The molecule has 6 aliphatic rings. The van der Waals surface area contributed by atoms with Crippen LogP contribution in [0.4, 0.5) is 5.95 Å². The fourth-order valence-corrected chi connectivity index (χ4v) is 11.0. The maximum Gasteiger partial charge on any atom is 0.223 e. The first-order valence-corrected chi connectivity index (χ1v) is 25.6. The van der Waals surface area contributed by atoms with E-state index in [0.717, 1.165) is 69.1 Å². The number of rotatable bonds is 19. The number of aromatic nitrogens is 3. The Morgan fingerprint density at radius 3 is 2.24 bits per heavy atom. The minimum absolute atomic E-state index is 0.0254. The van der Waals surface area contributed by atoms with Crippen LogP contribution < -0.4 is 26.0 Å². The number of dihydropyridines is 1. The smallest absolute Gasteiger partial charge is 0.223 e. The third kappa shape index (κ3) is 13.9. The van der Waals surface area contributed by atoms with E-state index in [0.29, 0.717) is 131 Å². The van der Waals surface area contributed by atoms with Gasteiger partial charge in [-0.2, -0.15) is 10.5 Å². The molecule has 2 aromatic heterocycles. The normalized spacial score (nSPS) is 28.8. The van der Waals surface area contributed by atoms with E-state index in [-0.39, 0.29) is 36.8 Å². The van der Waals surface area contributed by atoms with Gasteiger partial charge < -0.3 is 49.7 Å². The van der Waals surface area contributed by atoms with Crippen LogP contribution in [-0.2, 0) is 23.7 Å². The Bertz CT molecular complexity index is 2250. The van der Waals surface area contributed by atoms with Gasteiger partial charge in [0.1, 0.15) is 19.0 Å². The van der Waals surface area contributed by atoms with Gasteiger partial charge in [0.2, 0.25) is 17.8 Å². The zero-order valence-corrected chi connectivity index (χ0v) is 41.7. The maximum atomic E-state index is 10.9. The Hall–Kier alpha value is -5.08. The van der Waals surface area contributed by atoms with Gasteiger partial charge in [0, 0.05) is 126 Å². The van der Waals surface area contributed by atoms with Crippen LogP contribution in [0, 0.1) is 39.4 Å². The number of aliphatic imine (C=N–C) groups is 3. The average Bonchev–Trinajstić information content (AvgIpc) is 3.39. The van der Waals surface area contributed by atoms with E-state index in [9.17, 15) is 10.5 Å². The molecule has 2 saturated carbocycles. The molecular formula is C52H74N12O6. The van der Waals surface area contributed by atoms with E-state index in [4.69, 9.17) is 43.4 Å². The van der Waals surface area contributed by atoms with Crippen molar-refractivity contribution in [2.45, 2.75) is 140 Å². The first-order chi connectivity index (χ1) is 34.2. The molecule has 4 fully saturated rings. The van der Waals surface area contributed by atoms with E-state index in [1.54, 1.807) is 26.6 Å². The van der Waals surface area contributed by atoms with Gasteiger partial charge in [-0.15, -0.1) is 0 Å². The molecule has 0 amide bonds. The number of nitrogens with zero attached hydrogens (tertiary/aromatic N) is 8. The van der Waals surface area contributed by atoms with Gasteiger partial charge in [0.15, 0.2) is 0 Å². The molecule has 7 atom stereocenters. The molecule has 18 nitrogen and oxygen atoms in total. The van der Waals surface area contributed by atoms with Crippen molar-refractivity contribution in [3.05, 3.63) is 42.2 Å². The zero-order chi connectivity index (χ0) is 48.8. The highest BCUT2D eigenvalue weighted by atomic mass is 16.5. The molecule has 2 aliphatic carbocycles. The molecule has 0 bridgehead atoms. The number of ether oxygens (including phenoxy) is 6. The molecule has 2 aromatic rings. The Balaban J connectivity index is 0.906. The summed E-state index contributed by atoms with van der Waals surface area (Å²) >= 11 is 0. The van der Waals surface area contributed by atoms with Gasteiger partial charge in [-0.25, -0.2) is 15.0 Å². The van der Waals surface area contributed by atoms with Crippen molar-refractivity contribution in [3.8, 4) is 29.3 Å². The monoisotopic (exact) mass is 963 g/mol. The quantitative estimate of drug-likeness (QED) is 0.127. The fourth-order valence-electron chi connectivity index (χ4n) is 11.0. The van der Waals surface area contributed by atoms with Crippen LogP contribution in [0.5, 0.6) is 5.75 Å². The third-order valence-corrected chi connectivity index (χ3v) is 14.9. The van der Waals surface area contributed by atoms with E-state index >= 15 is 0 Å². The maximum absolute atomic E-state index is 10.9. The number of pyridine rings is 1. The lowest BCUT2D eigenvalue weighted by molar-refractivity contribution is -0.0841. The predicted octanol–water partition coefficient (Wildman–Crippen LogP) is 5.97. The van der Waals surface area contributed by atoms with Crippen LogP contribution in [0.3, 0.4) is 0 Å². The third-order valence-electron chi connectivity index (χ3n) is 14.9. The molecule has 378 valence electrons. The lowest BCUT2D eigenvalue weighted by Gasteiger charge is -2.45. The van der Waals surface area contributed by atoms with Crippen molar-refractivity contribution in [3.63, 3.8) is 0 Å². The molecule has 0 radical (unpaired) electrons. The van der Waals surface area contributed by atoms with Crippen LogP contribution >= 0.6 is 0 Å². The number of methoxy groups -OCH3 is 2. The van der Waals surface area contributed by atoms with Crippen molar-refractivity contribution in [2.24, 2.45) is 31.7 Å². The van der Waals surface area contributed by atoms with Gasteiger partial charge >= 0.3 is 0 Å². The van der Waals surface area contributed by atoms with Crippen LogP contribution in [0.2, 0.25) is 0 Å². The van der Waals surface area contributed by atoms with E-state index in [1.807, 2.05) is 24.3 Å². The highest BCUT2D eigenvalue weighted by molar-refractivity contribution is 6.11. The van der Waals surface area contributed by atoms with Crippen molar-refractivity contribution in [2.75, 3.05) is 78.9 Å². The minimum Gasteiger partial charge on any atom is -0.492 e. The molecule has 70 heavy (non-hydrogen) atoms.